The van der Waals surface area contributed by atoms with Crippen LogP contribution in [0.1, 0.15) is 49.1 Å². The number of carbonyl (C=O) groups excluding carboxylic acids is 1. The van der Waals surface area contributed by atoms with Gasteiger partial charge in [0.25, 0.3) is 0 Å². The van der Waals surface area contributed by atoms with Crippen molar-refractivity contribution in [3.05, 3.63) is 46.0 Å². The number of hydrogen-bond donors (Lipinski definition) is 0. The van der Waals surface area contributed by atoms with Gasteiger partial charge in [0.2, 0.25) is 0 Å². The molecule has 2 unspecified atom stereocenters. The average molecular weight is 397 g/mol. The second kappa shape index (κ2) is 6.29. The van der Waals surface area contributed by atoms with Crippen LogP contribution >= 0.6 is 0 Å². The van der Waals surface area contributed by atoms with Crippen molar-refractivity contribution in [2.75, 3.05) is 5.75 Å². The van der Waals surface area contributed by atoms with E-state index in [-0.39, 0.29) is 22.0 Å². The molecule has 27 heavy (non-hydrogen) atoms. The molecule has 4 rings (SSSR count). The van der Waals surface area contributed by atoms with Gasteiger partial charge in [0.15, 0.2) is 9.84 Å². The van der Waals surface area contributed by atoms with Gasteiger partial charge in [-0.25, -0.2) is 8.42 Å². The fraction of sp³-hybridized carbons (Fsp3) is 0.474. The molecule has 1 fully saturated rings. The summed E-state index contributed by atoms with van der Waals surface area (Å²) < 4.78 is 65.2. The fourth-order valence-corrected chi connectivity index (χ4v) is 6.26. The summed E-state index contributed by atoms with van der Waals surface area (Å²) in [5.41, 5.74) is 0.409. The lowest BCUT2D eigenvalue weighted by molar-refractivity contribution is -0.137. The predicted octanol–water partition coefficient (Wildman–Crippen LogP) is 4.03. The van der Waals surface area contributed by atoms with E-state index in [0.29, 0.717) is 43.5 Å². The van der Waals surface area contributed by atoms with E-state index in [1.54, 1.807) is 0 Å². The summed E-state index contributed by atoms with van der Waals surface area (Å²) >= 11 is 0. The van der Waals surface area contributed by atoms with Crippen LogP contribution in [0.25, 0.3) is 0 Å². The molecule has 1 aliphatic carbocycles. The molecule has 3 aliphatic rings. The Hall–Kier alpha value is -1.96. The molecular formula is C19H18F3NO3S. The number of rotatable bonds is 1. The van der Waals surface area contributed by atoms with Crippen LogP contribution in [0.15, 0.2) is 39.9 Å². The number of hydrogen-bond acceptors (Lipinski definition) is 4. The van der Waals surface area contributed by atoms with Crippen LogP contribution in [0.5, 0.6) is 0 Å². The third-order valence-electron chi connectivity index (χ3n) is 5.48. The zero-order valence-corrected chi connectivity index (χ0v) is 15.2. The number of sulfone groups is 1. The van der Waals surface area contributed by atoms with Crippen LogP contribution < -0.4 is 0 Å². The van der Waals surface area contributed by atoms with Gasteiger partial charge < -0.3 is 0 Å². The maximum atomic E-state index is 13.2. The average Bonchev–Trinajstić information content (AvgIpc) is 2.59. The van der Waals surface area contributed by atoms with Crippen molar-refractivity contribution in [3.8, 4) is 0 Å². The monoisotopic (exact) mass is 397 g/mol. The molecule has 0 radical (unpaired) electrons. The van der Waals surface area contributed by atoms with Crippen LogP contribution in [0, 0.1) is 5.92 Å². The number of carbonyl (C=O) groups is 1. The second-order valence-electron chi connectivity index (χ2n) is 7.23. The smallest absolute Gasteiger partial charge is 0.299 e. The number of allylic oxidation sites excluding steroid dienone is 2. The van der Waals surface area contributed by atoms with E-state index in [1.165, 1.54) is 12.1 Å². The molecule has 0 saturated heterocycles. The van der Waals surface area contributed by atoms with Crippen molar-refractivity contribution in [1.29, 1.82) is 0 Å². The van der Waals surface area contributed by atoms with Crippen LogP contribution in [0.2, 0.25) is 0 Å². The highest BCUT2D eigenvalue weighted by atomic mass is 32.2. The zero-order chi connectivity index (χ0) is 19.4. The standard InChI is InChI=1S/C19H18F3NO3S/c20-19(21,22)12-5-1-4-11(10-12)16-17-13(6-2-8-15(17)24)23-14-7-3-9-27(25,26)18(14)16/h1,4-5,10,16-17H,2-3,6-9H2. The highest BCUT2D eigenvalue weighted by molar-refractivity contribution is 7.95. The molecular weight excluding hydrogens is 379 g/mol. The first-order valence-electron chi connectivity index (χ1n) is 8.91. The van der Waals surface area contributed by atoms with E-state index in [4.69, 9.17) is 0 Å². The van der Waals surface area contributed by atoms with Crippen molar-refractivity contribution in [3.63, 3.8) is 0 Å². The zero-order valence-electron chi connectivity index (χ0n) is 14.4. The first-order valence-corrected chi connectivity index (χ1v) is 10.6. The lowest BCUT2D eigenvalue weighted by Gasteiger charge is -2.38. The number of benzene rings is 1. The van der Waals surface area contributed by atoms with Crippen LogP contribution in [0.4, 0.5) is 13.2 Å². The lowest BCUT2D eigenvalue weighted by Crippen LogP contribution is -2.40. The topological polar surface area (TPSA) is 63.6 Å². The van der Waals surface area contributed by atoms with Gasteiger partial charge in [-0.2, -0.15) is 13.2 Å². The van der Waals surface area contributed by atoms with Gasteiger partial charge in [0.1, 0.15) is 5.78 Å². The van der Waals surface area contributed by atoms with Gasteiger partial charge in [0, 0.05) is 18.1 Å². The minimum atomic E-state index is -4.54. The van der Waals surface area contributed by atoms with E-state index >= 15 is 0 Å². The Kier molecular flexibility index (Phi) is 4.29. The van der Waals surface area contributed by atoms with Crippen LogP contribution in [-0.2, 0) is 20.8 Å². The number of ketones is 1. The van der Waals surface area contributed by atoms with Gasteiger partial charge in [0.05, 0.1) is 27.8 Å². The van der Waals surface area contributed by atoms with Crippen molar-refractivity contribution >= 4 is 21.3 Å². The van der Waals surface area contributed by atoms with E-state index in [9.17, 15) is 26.4 Å². The molecule has 4 nitrogen and oxygen atoms in total. The molecule has 1 saturated carbocycles. The quantitative estimate of drug-likeness (QED) is 0.719. The summed E-state index contributed by atoms with van der Waals surface area (Å²) in [7, 11) is -3.66. The molecule has 2 heterocycles. The summed E-state index contributed by atoms with van der Waals surface area (Å²) in [6.45, 7) is 0. The minimum absolute atomic E-state index is 0.0528. The summed E-state index contributed by atoms with van der Waals surface area (Å²) in [6, 6.07) is 4.69. The molecule has 1 aromatic rings. The first-order chi connectivity index (χ1) is 12.7. The minimum Gasteiger partial charge on any atom is -0.299 e. The Morgan fingerprint density at radius 3 is 2.56 bits per heavy atom. The molecule has 0 amide bonds. The summed E-state index contributed by atoms with van der Waals surface area (Å²) in [4.78, 5) is 17.2. The van der Waals surface area contributed by atoms with Crippen molar-refractivity contribution in [2.24, 2.45) is 10.9 Å². The van der Waals surface area contributed by atoms with E-state index in [1.807, 2.05) is 0 Å². The Bertz CT molecular complexity index is 976. The van der Waals surface area contributed by atoms with Crippen molar-refractivity contribution in [2.45, 2.75) is 44.2 Å². The first kappa shape index (κ1) is 18.4. The maximum Gasteiger partial charge on any atom is 0.416 e. The molecule has 0 spiro atoms. The third-order valence-corrected chi connectivity index (χ3v) is 7.46. The van der Waals surface area contributed by atoms with Crippen molar-refractivity contribution < 1.29 is 26.4 Å². The largest absolute Gasteiger partial charge is 0.416 e. The van der Waals surface area contributed by atoms with Gasteiger partial charge >= 0.3 is 6.18 Å². The van der Waals surface area contributed by atoms with Gasteiger partial charge in [-0.1, -0.05) is 18.2 Å². The number of nitrogens with zero attached hydrogens (tertiary/aromatic N) is 1. The summed E-state index contributed by atoms with van der Waals surface area (Å²) in [5, 5.41) is 0. The Morgan fingerprint density at radius 1 is 1.04 bits per heavy atom. The lowest BCUT2D eigenvalue weighted by atomic mass is 9.72. The molecule has 0 aromatic heterocycles. The van der Waals surface area contributed by atoms with E-state index in [0.717, 1.165) is 12.1 Å². The molecule has 1 aromatic carbocycles. The van der Waals surface area contributed by atoms with Crippen molar-refractivity contribution in [1.82, 2.24) is 0 Å². The normalized spacial score (nSPS) is 27.7. The molecule has 2 aliphatic heterocycles. The Labute approximate surface area is 155 Å². The van der Waals surface area contributed by atoms with Gasteiger partial charge in [-0.3, -0.25) is 9.79 Å². The predicted molar refractivity (Wildman–Crippen MR) is 94.0 cm³/mol. The fourth-order valence-electron chi connectivity index (χ4n) is 4.35. The number of aliphatic imine (C=N–C) groups is 1. The Morgan fingerprint density at radius 2 is 1.81 bits per heavy atom. The van der Waals surface area contributed by atoms with Crippen LogP contribution in [-0.4, -0.2) is 25.7 Å². The highest BCUT2D eigenvalue weighted by Gasteiger charge is 2.47. The highest BCUT2D eigenvalue weighted by Crippen LogP contribution is 2.48. The molecule has 8 heteroatoms. The second-order valence-corrected chi connectivity index (χ2v) is 9.31. The Balaban J connectivity index is 1.94. The van der Waals surface area contributed by atoms with Gasteiger partial charge in [-0.15, -0.1) is 0 Å². The van der Waals surface area contributed by atoms with Gasteiger partial charge in [-0.05, 0) is 37.3 Å². The molecule has 2 atom stereocenters. The molecule has 0 N–H and O–H groups in total. The van der Waals surface area contributed by atoms with E-state index in [2.05, 4.69) is 4.99 Å². The number of Topliss-reactive ketones (excluding diaryl/α,β-unsaturated/α-hetero) is 1. The SMILES string of the molecule is O=C1CCCC2=NC3=C(C(c4cccc(C(F)(F)F)c4)C12)S(=O)(=O)CCC3. The number of halogens is 3. The van der Waals surface area contributed by atoms with Crippen LogP contribution in [0.3, 0.4) is 0 Å². The summed E-state index contributed by atoms with van der Waals surface area (Å²) in [5.74, 6) is -1.90. The third kappa shape index (κ3) is 3.13. The number of fused-ring (bicyclic) bond motifs is 1. The van der Waals surface area contributed by atoms with E-state index < -0.39 is 33.4 Å². The number of alkyl halides is 3. The molecule has 0 bridgehead atoms. The summed E-state index contributed by atoms with van der Waals surface area (Å²) in [6.07, 6.45) is -2.13. The molecule has 144 valence electrons. The maximum absolute atomic E-state index is 13.2.